The van der Waals surface area contributed by atoms with Gasteiger partial charge in [0.25, 0.3) is 0 Å². The van der Waals surface area contributed by atoms with Gasteiger partial charge in [-0.25, -0.2) is 12.8 Å². The Kier molecular flexibility index (Phi) is 5.60. The van der Waals surface area contributed by atoms with Crippen LogP contribution < -0.4 is 4.74 Å². The monoisotopic (exact) mass is 397 g/mol. The highest BCUT2D eigenvalue weighted by atomic mass is 35.5. The molecule has 0 radical (unpaired) electrons. The molecular weight excluding hydrogens is 381 g/mol. The van der Waals surface area contributed by atoms with Crippen LogP contribution in [-0.4, -0.2) is 31.8 Å². The summed E-state index contributed by atoms with van der Waals surface area (Å²) in [5.74, 6) is -1.84. The van der Waals surface area contributed by atoms with Gasteiger partial charge < -0.3 is 4.74 Å². The van der Waals surface area contributed by atoms with E-state index in [0.717, 1.165) is 6.07 Å². The Morgan fingerprint density at radius 1 is 1.19 bits per heavy atom. The minimum atomic E-state index is -3.67. The molecule has 2 aromatic rings. The summed E-state index contributed by atoms with van der Waals surface area (Å²) in [7, 11) is -3.67. The molecule has 1 fully saturated rings. The fourth-order valence-electron chi connectivity index (χ4n) is 2.83. The van der Waals surface area contributed by atoms with Gasteiger partial charge in [0.1, 0.15) is 11.6 Å². The van der Waals surface area contributed by atoms with Crippen molar-refractivity contribution < 1.29 is 22.3 Å². The van der Waals surface area contributed by atoms with Crippen molar-refractivity contribution in [2.75, 3.05) is 13.1 Å². The van der Waals surface area contributed by atoms with Crippen molar-refractivity contribution in [3.8, 4) is 5.75 Å². The van der Waals surface area contributed by atoms with E-state index in [4.69, 9.17) is 16.3 Å². The molecule has 0 amide bonds. The van der Waals surface area contributed by atoms with Gasteiger partial charge in [-0.3, -0.25) is 4.79 Å². The van der Waals surface area contributed by atoms with E-state index in [2.05, 4.69) is 0 Å². The fraction of sp³-hybridized carbons (Fsp3) is 0.278. The normalized spacial score (nSPS) is 18.5. The van der Waals surface area contributed by atoms with Gasteiger partial charge in [0.15, 0.2) is 0 Å². The van der Waals surface area contributed by atoms with Gasteiger partial charge >= 0.3 is 5.97 Å². The molecule has 0 aromatic heterocycles. The quantitative estimate of drug-likeness (QED) is 0.585. The zero-order valence-electron chi connectivity index (χ0n) is 13.8. The third-order valence-corrected chi connectivity index (χ3v) is 6.39. The molecule has 0 bridgehead atoms. The van der Waals surface area contributed by atoms with Crippen LogP contribution in [0, 0.1) is 11.7 Å². The Bertz CT molecular complexity index is 905. The van der Waals surface area contributed by atoms with Crippen molar-refractivity contribution in [2.45, 2.75) is 17.7 Å². The Morgan fingerprint density at radius 2 is 1.92 bits per heavy atom. The summed E-state index contributed by atoms with van der Waals surface area (Å²) in [5.41, 5.74) is 0. The first-order valence-electron chi connectivity index (χ1n) is 8.10. The largest absolute Gasteiger partial charge is 0.426 e. The predicted octanol–water partition coefficient (Wildman–Crippen LogP) is 3.49. The maximum absolute atomic E-state index is 13.5. The van der Waals surface area contributed by atoms with Crippen LogP contribution in [-0.2, 0) is 14.8 Å². The highest BCUT2D eigenvalue weighted by Gasteiger charge is 2.34. The van der Waals surface area contributed by atoms with E-state index in [1.54, 1.807) is 18.2 Å². The summed E-state index contributed by atoms with van der Waals surface area (Å²) in [4.78, 5) is 12.6. The van der Waals surface area contributed by atoms with Crippen molar-refractivity contribution in [1.82, 2.24) is 4.31 Å². The second-order valence-corrected chi connectivity index (χ2v) is 8.36. The van der Waals surface area contributed by atoms with Crippen molar-refractivity contribution >= 4 is 27.6 Å². The lowest BCUT2D eigenvalue weighted by Gasteiger charge is -2.30. The van der Waals surface area contributed by atoms with Gasteiger partial charge in [-0.1, -0.05) is 29.8 Å². The van der Waals surface area contributed by atoms with Gasteiger partial charge in [0.2, 0.25) is 10.0 Å². The first-order valence-corrected chi connectivity index (χ1v) is 9.91. The highest BCUT2D eigenvalue weighted by Crippen LogP contribution is 2.26. The molecule has 0 N–H and O–H groups in total. The summed E-state index contributed by atoms with van der Waals surface area (Å²) in [6, 6.07) is 11.8. The third-order valence-electron chi connectivity index (χ3n) is 4.21. The molecule has 26 heavy (non-hydrogen) atoms. The molecule has 0 spiro atoms. The average molecular weight is 398 g/mol. The van der Waals surface area contributed by atoms with E-state index < -0.39 is 27.7 Å². The molecule has 1 aliphatic rings. The van der Waals surface area contributed by atoms with Crippen LogP contribution in [0.1, 0.15) is 12.8 Å². The number of hydrogen-bond donors (Lipinski definition) is 0. The Morgan fingerprint density at radius 3 is 2.62 bits per heavy atom. The third kappa shape index (κ3) is 4.06. The van der Waals surface area contributed by atoms with E-state index in [1.807, 2.05) is 0 Å². The smallest absolute Gasteiger partial charge is 0.315 e. The molecule has 5 nitrogen and oxygen atoms in total. The molecule has 8 heteroatoms. The first kappa shape index (κ1) is 18.8. The summed E-state index contributed by atoms with van der Waals surface area (Å²) >= 11 is 5.60. The predicted molar refractivity (Wildman–Crippen MR) is 95.0 cm³/mol. The van der Waals surface area contributed by atoms with Gasteiger partial charge in [-0.2, -0.15) is 4.31 Å². The van der Waals surface area contributed by atoms with E-state index >= 15 is 0 Å². The molecule has 138 valence electrons. The highest BCUT2D eigenvalue weighted by molar-refractivity contribution is 7.89. The zero-order valence-corrected chi connectivity index (χ0v) is 15.3. The molecule has 1 heterocycles. The van der Waals surface area contributed by atoms with Crippen molar-refractivity contribution in [1.29, 1.82) is 0 Å². The number of benzene rings is 2. The SMILES string of the molecule is O=C(Oc1ccc(Cl)c(F)c1)C1CCCN(S(=O)(=O)c2ccccc2)C1. The number of esters is 1. The minimum Gasteiger partial charge on any atom is -0.426 e. The average Bonchev–Trinajstić information content (AvgIpc) is 2.65. The number of sulfonamides is 1. The molecule has 0 saturated carbocycles. The van der Waals surface area contributed by atoms with E-state index in [-0.39, 0.29) is 22.2 Å². The molecule has 0 aliphatic carbocycles. The van der Waals surface area contributed by atoms with E-state index in [0.29, 0.717) is 19.4 Å². The summed E-state index contributed by atoms with van der Waals surface area (Å²) in [6.45, 7) is 0.378. The Balaban J connectivity index is 1.71. The van der Waals surface area contributed by atoms with Crippen molar-refractivity contribution in [3.63, 3.8) is 0 Å². The second-order valence-electron chi connectivity index (χ2n) is 6.01. The van der Waals surface area contributed by atoms with Crippen LogP contribution >= 0.6 is 11.6 Å². The molecular formula is C18H17ClFNO4S. The molecule has 3 rings (SSSR count). The lowest BCUT2D eigenvalue weighted by molar-refractivity contribution is -0.140. The van der Waals surface area contributed by atoms with Crippen molar-refractivity contribution in [2.24, 2.45) is 5.92 Å². The zero-order chi connectivity index (χ0) is 18.7. The molecule has 2 aromatic carbocycles. The van der Waals surface area contributed by atoms with Gasteiger partial charge in [-0.15, -0.1) is 0 Å². The van der Waals surface area contributed by atoms with Crippen LogP contribution in [0.4, 0.5) is 4.39 Å². The second kappa shape index (κ2) is 7.73. The summed E-state index contributed by atoms with van der Waals surface area (Å²) in [5, 5.41) is -0.0670. The summed E-state index contributed by atoms with van der Waals surface area (Å²) in [6.07, 6.45) is 1.05. The number of hydrogen-bond acceptors (Lipinski definition) is 4. The maximum atomic E-state index is 13.5. The van der Waals surface area contributed by atoms with Crippen LogP contribution in [0.2, 0.25) is 5.02 Å². The van der Waals surface area contributed by atoms with E-state index in [9.17, 15) is 17.6 Å². The fourth-order valence-corrected chi connectivity index (χ4v) is 4.50. The van der Waals surface area contributed by atoms with Gasteiger partial charge in [0.05, 0.1) is 15.8 Å². The molecule has 1 unspecified atom stereocenters. The maximum Gasteiger partial charge on any atom is 0.315 e. The van der Waals surface area contributed by atoms with Crippen LogP contribution in [0.25, 0.3) is 0 Å². The first-order chi connectivity index (χ1) is 12.4. The number of nitrogens with zero attached hydrogens (tertiary/aromatic N) is 1. The number of carbonyl (C=O) groups is 1. The van der Waals surface area contributed by atoms with Crippen LogP contribution in [0.3, 0.4) is 0 Å². The topological polar surface area (TPSA) is 63.7 Å². The van der Waals surface area contributed by atoms with Crippen LogP contribution in [0.15, 0.2) is 53.4 Å². The molecule has 1 saturated heterocycles. The number of ether oxygens (including phenoxy) is 1. The van der Waals surface area contributed by atoms with Gasteiger partial charge in [0, 0.05) is 19.2 Å². The standard InChI is InChI=1S/C18H17ClFNO4S/c19-16-9-8-14(11-17(16)20)25-18(22)13-5-4-10-21(12-13)26(23,24)15-6-2-1-3-7-15/h1-3,6-9,11,13H,4-5,10,12H2. The van der Waals surface area contributed by atoms with Gasteiger partial charge in [-0.05, 0) is 37.1 Å². The van der Waals surface area contributed by atoms with Crippen LogP contribution in [0.5, 0.6) is 5.75 Å². The number of halogens is 2. The Labute approximate surface area is 156 Å². The number of rotatable bonds is 4. The van der Waals surface area contributed by atoms with E-state index in [1.165, 1.54) is 28.6 Å². The minimum absolute atomic E-state index is 0.0339. The lowest BCUT2D eigenvalue weighted by Crippen LogP contribution is -2.43. The molecule has 1 aliphatic heterocycles. The Hall–Kier alpha value is -1.96. The van der Waals surface area contributed by atoms with Crippen molar-refractivity contribution in [3.05, 3.63) is 59.4 Å². The summed E-state index contributed by atoms with van der Waals surface area (Å²) < 4.78 is 45.4. The number of piperidine rings is 1. The molecule has 1 atom stereocenters. The lowest BCUT2D eigenvalue weighted by atomic mass is 10.00. The number of carbonyl (C=O) groups excluding carboxylic acids is 1.